The molecule has 7 heteroatoms. The average Bonchev–Trinajstić information content (AvgIpc) is 2.58. The summed E-state index contributed by atoms with van der Waals surface area (Å²) in [6.45, 7) is 2.51. The molecule has 2 N–H and O–H groups in total. The van der Waals surface area contributed by atoms with E-state index < -0.39 is 17.9 Å². The number of hydrogen-bond donors (Lipinski definition) is 2. The Kier molecular flexibility index (Phi) is 9.63. The molecule has 0 fully saturated rings. The second-order valence-electron chi connectivity index (χ2n) is 5.34. The molecular weight excluding hydrogens is 346 g/mol. The first kappa shape index (κ1) is 21.0. The second-order valence-corrected chi connectivity index (χ2v) is 5.77. The molecule has 0 heterocycles. The minimum absolute atomic E-state index is 0.0662. The van der Waals surface area contributed by atoms with Crippen LogP contribution in [0.15, 0.2) is 24.3 Å². The molecule has 2 atom stereocenters. The Balaban J connectivity index is 2.74. The van der Waals surface area contributed by atoms with Gasteiger partial charge in [-0.25, -0.2) is 0 Å². The molecule has 0 radical (unpaired) electrons. The molecule has 1 aromatic carbocycles. The first-order valence-electron chi connectivity index (χ1n) is 7.86. The number of halogens is 1. The summed E-state index contributed by atoms with van der Waals surface area (Å²) >= 11 is 5.81. The van der Waals surface area contributed by atoms with Crippen molar-refractivity contribution in [1.29, 1.82) is 0 Å². The van der Waals surface area contributed by atoms with Crippen molar-refractivity contribution in [2.75, 3.05) is 20.0 Å². The smallest absolute Gasteiger partial charge is 0.307 e. The van der Waals surface area contributed by atoms with E-state index in [-0.39, 0.29) is 32.1 Å². The highest BCUT2D eigenvalue weighted by Crippen LogP contribution is 2.14. The van der Waals surface area contributed by atoms with Crippen LogP contribution < -0.4 is 5.32 Å². The maximum absolute atomic E-state index is 12.3. The minimum Gasteiger partial charge on any atom is -0.481 e. The summed E-state index contributed by atoms with van der Waals surface area (Å²) in [6, 6.07) is 5.88. The zero-order chi connectivity index (χ0) is 18.7. The van der Waals surface area contributed by atoms with Crippen LogP contribution in [-0.4, -0.2) is 43.0 Å². The highest BCUT2D eigenvalue weighted by atomic mass is 35.5. The maximum atomic E-state index is 12.3. The SMILES string of the molecule is C#CCC(CC(COCOCC)NC(=O)c1ccc(Cl)cc1)C(=O)O. The number of carbonyl (C=O) groups excluding carboxylic acids is 1. The summed E-state index contributed by atoms with van der Waals surface area (Å²) < 4.78 is 10.4. The van der Waals surface area contributed by atoms with E-state index in [1.807, 2.05) is 6.92 Å². The molecule has 0 aliphatic rings. The van der Waals surface area contributed by atoms with Crippen molar-refractivity contribution in [3.8, 4) is 12.3 Å². The fourth-order valence-corrected chi connectivity index (χ4v) is 2.25. The Hall–Kier alpha value is -2.07. The van der Waals surface area contributed by atoms with Gasteiger partial charge in [-0.3, -0.25) is 9.59 Å². The van der Waals surface area contributed by atoms with Gasteiger partial charge in [-0.1, -0.05) is 11.6 Å². The van der Waals surface area contributed by atoms with Crippen LogP contribution in [0, 0.1) is 18.3 Å². The molecule has 136 valence electrons. The molecule has 0 aliphatic heterocycles. The van der Waals surface area contributed by atoms with Gasteiger partial charge in [-0.2, -0.15) is 0 Å². The van der Waals surface area contributed by atoms with E-state index in [1.54, 1.807) is 24.3 Å². The number of carboxylic acids is 1. The lowest BCUT2D eigenvalue weighted by molar-refractivity contribution is -0.142. The van der Waals surface area contributed by atoms with Gasteiger partial charge in [0.25, 0.3) is 5.91 Å². The summed E-state index contributed by atoms with van der Waals surface area (Å²) in [5.41, 5.74) is 0.419. The van der Waals surface area contributed by atoms with Crippen LogP contribution in [-0.2, 0) is 14.3 Å². The third-order valence-corrected chi connectivity index (χ3v) is 3.67. The van der Waals surface area contributed by atoms with E-state index in [0.717, 1.165) is 0 Å². The Labute approximate surface area is 152 Å². The molecule has 1 rings (SSSR count). The monoisotopic (exact) mass is 367 g/mol. The molecule has 0 bridgehead atoms. The van der Waals surface area contributed by atoms with Crippen molar-refractivity contribution in [3.05, 3.63) is 34.9 Å². The van der Waals surface area contributed by atoms with E-state index >= 15 is 0 Å². The van der Waals surface area contributed by atoms with Gasteiger partial charge in [-0.15, -0.1) is 12.3 Å². The predicted octanol–water partition coefficient (Wildman–Crippen LogP) is 2.56. The molecule has 1 aromatic rings. The van der Waals surface area contributed by atoms with Gasteiger partial charge in [-0.05, 0) is 37.6 Å². The van der Waals surface area contributed by atoms with Gasteiger partial charge in [0.05, 0.1) is 18.6 Å². The van der Waals surface area contributed by atoms with E-state index in [4.69, 9.17) is 27.5 Å². The Bertz CT molecular complexity index is 596. The lowest BCUT2D eigenvalue weighted by Gasteiger charge is -2.21. The molecule has 0 aliphatic carbocycles. The second kappa shape index (κ2) is 11.5. The number of amides is 1. The van der Waals surface area contributed by atoms with Crippen molar-refractivity contribution in [3.63, 3.8) is 0 Å². The quantitative estimate of drug-likeness (QED) is 0.357. The zero-order valence-electron chi connectivity index (χ0n) is 14.0. The summed E-state index contributed by atoms with van der Waals surface area (Å²) in [5.74, 6) is 0.234. The number of carboxylic acid groups (broad SMARTS) is 1. The first-order chi connectivity index (χ1) is 12.0. The highest BCUT2D eigenvalue weighted by molar-refractivity contribution is 6.30. The van der Waals surface area contributed by atoms with Crippen LogP contribution in [0.25, 0.3) is 0 Å². The number of nitrogens with one attached hydrogen (secondary N) is 1. The zero-order valence-corrected chi connectivity index (χ0v) is 14.8. The predicted molar refractivity (Wildman–Crippen MR) is 94.3 cm³/mol. The molecule has 0 spiro atoms. The van der Waals surface area contributed by atoms with Crippen LogP contribution in [0.3, 0.4) is 0 Å². The summed E-state index contributed by atoms with van der Waals surface area (Å²) in [6.07, 6.45) is 5.46. The van der Waals surface area contributed by atoms with Gasteiger partial charge in [0.1, 0.15) is 6.79 Å². The summed E-state index contributed by atoms with van der Waals surface area (Å²) in [4.78, 5) is 23.6. The first-order valence-corrected chi connectivity index (χ1v) is 8.23. The van der Waals surface area contributed by atoms with E-state index in [9.17, 15) is 14.7 Å². The van der Waals surface area contributed by atoms with E-state index in [1.165, 1.54) is 0 Å². The van der Waals surface area contributed by atoms with Gasteiger partial charge >= 0.3 is 5.97 Å². The number of terminal acetylenes is 1. The Morgan fingerprint density at radius 3 is 2.56 bits per heavy atom. The average molecular weight is 368 g/mol. The molecule has 0 aromatic heterocycles. The minimum atomic E-state index is -1.01. The van der Waals surface area contributed by atoms with Crippen LogP contribution in [0.5, 0.6) is 0 Å². The Morgan fingerprint density at radius 2 is 2.00 bits per heavy atom. The number of ether oxygens (including phenoxy) is 2. The van der Waals surface area contributed by atoms with E-state index in [0.29, 0.717) is 17.2 Å². The lowest BCUT2D eigenvalue weighted by Crippen LogP contribution is -2.40. The summed E-state index contributed by atoms with van der Waals surface area (Å²) in [5, 5.41) is 12.6. The number of hydrogen-bond acceptors (Lipinski definition) is 4. The van der Waals surface area contributed by atoms with Gasteiger partial charge in [0.2, 0.25) is 0 Å². The van der Waals surface area contributed by atoms with Crippen molar-refractivity contribution >= 4 is 23.5 Å². The van der Waals surface area contributed by atoms with Crippen LogP contribution in [0.2, 0.25) is 5.02 Å². The van der Waals surface area contributed by atoms with Crippen LogP contribution >= 0.6 is 11.6 Å². The molecule has 1 amide bonds. The largest absolute Gasteiger partial charge is 0.481 e. The topological polar surface area (TPSA) is 84.9 Å². The number of benzene rings is 1. The maximum Gasteiger partial charge on any atom is 0.307 e. The van der Waals surface area contributed by atoms with Crippen molar-refractivity contribution in [2.24, 2.45) is 5.92 Å². The standard InChI is InChI=1S/C18H22ClNO5/c1-3-5-14(18(22)23)10-16(11-25-12-24-4-2)20-17(21)13-6-8-15(19)9-7-13/h1,6-9,14,16H,4-5,10-12H2,2H3,(H,20,21)(H,22,23). The van der Waals surface area contributed by atoms with Crippen LogP contribution in [0.4, 0.5) is 0 Å². The third-order valence-electron chi connectivity index (χ3n) is 3.41. The summed E-state index contributed by atoms with van der Waals surface area (Å²) in [7, 11) is 0. The van der Waals surface area contributed by atoms with Crippen molar-refractivity contribution in [2.45, 2.75) is 25.8 Å². The van der Waals surface area contributed by atoms with Gasteiger partial charge < -0.3 is 19.9 Å². The number of carbonyl (C=O) groups is 2. The molecule has 2 unspecified atom stereocenters. The molecule has 6 nitrogen and oxygen atoms in total. The number of rotatable bonds is 11. The van der Waals surface area contributed by atoms with Crippen LogP contribution in [0.1, 0.15) is 30.1 Å². The number of aliphatic carboxylic acids is 1. The Morgan fingerprint density at radius 1 is 1.32 bits per heavy atom. The molecular formula is C18H22ClNO5. The van der Waals surface area contributed by atoms with E-state index in [2.05, 4.69) is 11.2 Å². The molecule has 0 saturated heterocycles. The van der Waals surface area contributed by atoms with Crippen molar-refractivity contribution in [1.82, 2.24) is 5.32 Å². The fraction of sp³-hybridized carbons (Fsp3) is 0.444. The molecule has 0 saturated carbocycles. The normalized spacial score (nSPS) is 12.8. The molecule has 25 heavy (non-hydrogen) atoms. The van der Waals surface area contributed by atoms with Gasteiger partial charge in [0, 0.05) is 23.6 Å². The lowest BCUT2D eigenvalue weighted by atomic mass is 9.97. The third kappa shape index (κ3) is 8.03. The van der Waals surface area contributed by atoms with Gasteiger partial charge in [0.15, 0.2) is 0 Å². The van der Waals surface area contributed by atoms with Crippen molar-refractivity contribution < 1.29 is 24.2 Å². The highest BCUT2D eigenvalue weighted by Gasteiger charge is 2.24. The fourth-order valence-electron chi connectivity index (χ4n) is 2.13.